The number of benzene rings is 2. The van der Waals surface area contributed by atoms with Crippen molar-refractivity contribution in [3.63, 3.8) is 0 Å². The molecule has 0 aromatic heterocycles. The molecule has 1 N–H and O–H groups in total. The summed E-state index contributed by atoms with van der Waals surface area (Å²) in [6, 6.07) is 15.2. The van der Waals surface area contributed by atoms with E-state index in [2.05, 4.69) is 27.9 Å². The van der Waals surface area contributed by atoms with Crippen LogP contribution in [0.5, 0.6) is 5.75 Å². The molecule has 0 spiro atoms. The Morgan fingerprint density at radius 1 is 1.10 bits per heavy atom. The van der Waals surface area contributed by atoms with E-state index in [1.807, 2.05) is 55.5 Å². The molecule has 1 atom stereocenters. The maximum Gasteiger partial charge on any atom is 0.251 e. The highest BCUT2D eigenvalue weighted by Crippen LogP contribution is 2.18. The van der Waals surface area contributed by atoms with E-state index < -0.39 is 0 Å². The van der Waals surface area contributed by atoms with Gasteiger partial charge in [-0.1, -0.05) is 12.1 Å². The Bertz CT molecular complexity index is 578. The third-order valence-electron chi connectivity index (χ3n) is 3.07. The average molecular weight is 381 g/mol. The molecule has 1 amide bonds. The molecule has 2 aromatic carbocycles. The van der Waals surface area contributed by atoms with Crippen LogP contribution < -0.4 is 10.1 Å². The van der Waals surface area contributed by atoms with Crippen molar-refractivity contribution in [3.05, 3.63) is 63.2 Å². The van der Waals surface area contributed by atoms with Gasteiger partial charge in [0.25, 0.3) is 5.91 Å². The molecule has 0 saturated heterocycles. The molecule has 3 nitrogen and oxygen atoms in total. The first-order chi connectivity index (χ1) is 9.60. The number of ether oxygens (including phenoxy) is 1. The fourth-order valence-electron chi connectivity index (χ4n) is 1.86. The summed E-state index contributed by atoms with van der Waals surface area (Å²) in [6.45, 7) is 1.96. The Kier molecular flexibility index (Phi) is 5.00. The second-order valence-corrected chi connectivity index (χ2v) is 5.72. The van der Waals surface area contributed by atoms with Crippen LogP contribution in [0, 0.1) is 3.57 Å². The normalized spacial score (nSPS) is 11.8. The molecule has 0 aliphatic rings. The summed E-state index contributed by atoms with van der Waals surface area (Å²) in [5, 5.41) is 2.99. The maximum absolute atomic E-state index is 12.1. The smallest absolute Gasteiger partial charge is 0.251 e. The lowest BCUT2D eigenvalue weighted by Gasteiger charge is -2.15. The van der Waals surface area contributed by atoms with Gasteiger partial charge in [-0.05, 0) is 71.5 Å². The predicted octanol–water partition coefficient (Wildman–Crippen LogP) is 3.79. The fourth-order valence-corrected chi connectivity index (χ4v) is 2.22. The summed E-state index contributed by atoms with van der Waals surface area (Å²) in [5.41, 5.74) is 1.72. The van der Waals surface area contributed by atoms with Gasteiger partial charge in [0.2, 0.25) is 0 Å². The van der Waals surface area contributed by atoms with E-state index in [-0.39, 0.29) is 11.9 Å². The summed E-state index contributed by atoms with van der Waals surface area (Å²) < 4.78 is 6.24. The second-order valence-electron chi connectivity index (χ2n) is 4.48. The largest absolute Gasteiger partial charge is 0.497 e. The SMILES string of the molecule is COc1ccc([C@@H](C)NC(=O)c2ccc(I)cc2)cc1. The van der Waals surface area contributed by atoms with Crippen LogP contribution in [0.4, 0.5) is 0 Å². The van der Waals surface area contributed by atoms with Crippen LogP contribution >= 0.6 is 22.6 Å². The highest BCUT2D eigenvalue weighted by atomic mass is 127. The molecule has 0 unspecified atom stereocenters. The molecule has 0 heterocycles. The standard InChI is InChI=1S/C16H16INO2/c1-11(12-5-9-15(20-2)10-6-12)18-16(19)13-3-7-14(17)8-4-13/h3-11H,1-2H3,(H,18,19)/t11-/m1/s1. The van der Waals surface area contributed by atoms with Crippen molar-refractivity contribution < 1.29 is 9.53 Å². The fraction of sp³-hybridized carbons (Fsp3) is 0.188. The van der Waals surface area contributed by atoms with Gasteiger partial charge in [-0.3, -0.25) is 4.79 Å². The van der Waals surface area contributed by atoms with Gasteiger partial charge in [0.1, 0.15) is 5.75 Å². The average Bonchev–Trinajstić information content (AvgIpc) is 2.48. The number of nitrogens with one attached hydrogen (secondary N) is 1. The van der Waals surface area contributed by atoms with Crippen LogP contribution in [0.3, 0.4) is 0 Å². The molecule has 0 bridgehead atoms. The Morgan fingerprint density at radius 3 is 2.25 bits per heavy atom. The highest BCUT2D eigenvalue weighted by Gasteiger charge is 2.11. The topological polar surface area (TPSA) is 38.3 Å². The van der Waals surface area contributed by atoms with Gasteiger partial charge in [-0.25, -0.2) is 0 Å². The molecule has 0 saturated carbocycles. The molecular weight excluding hydrogens is 365 g/mol. The number of halogens is 1. The van der Waals surface area contributed by atoms with Crippen molar-refractivity contribution in [2.24, 2.45) is 0 Å². The molecule has 2 aromatic rings. The third kappa shape index (κ3) is 3.72. The minimum absolute atomic E-state index is 0.0484. The second kappa shape index (κ2) is 6.74. The minimum atomic E-state index is -0.0651. The first kappa shape index (κ1) is 14.8. The molecule has 0 aliphatic carbocycles. The zero-order valence-electron chi connectivity index (χ0n) is 11.4. The Morgan fingerprint density at radius 2 is 1.70 bits per heavy atom. The van der Waals surface area contributed by atoms with E-state index in [4.69, 9.17) is 4.74 Å². The lowest BCUT2D eigenvalue weighted by atomic mass is 10.1. The Hall–Kier alpha value is -1.56. The van der Waals surface area contributed by atoms with E-state index in [9.17, 15) is 4.79 Å². The lowest BCUT2D eigenvalue weighted by molar-refractivity contribution is 0.0940. The zero-order valence-corrected chi connectivity index (χ0v) is 13.5. The van der Waals surface area contributed by atoms with Crippen LogP contribution in [0.15, 0.2) is 48.5 Å². The number of methoxy groups -OCH3 is 1. The van der Waals surface area contributed by atoms with Crippen molar-refractivity contribution in [2.45, 2.75) is 13.0 Å². The molecule has 0 aliphatic heterocycles. The van der Waals surface area contributed by atoms with Gasteiger partial charge in [-0.15, -0.1) is 0 Å². The van der Waals surface area contributed by atoms with Crippen LogP contribution in [0.2, 0.25) is 0 Å². The zero-order chi connectivity index (χ0) is 14.5. The molecule has 20 heavy (non-hydrogen) atoms. The predicted molar refractivity (Wildman–Crippen MR) is 88.0 cm³/mol. The van der Waals surface area contributed by atoms with Gasteiger partial charge < -0.3 is 10.1 Å². The summed E-state index contributed by atoms with van der Waals surface area (Å²) in [6.07, 6.45) is 0. The van der Waals surface area contributed by atoms with Gasteiger partial charge in [-0.2, -0.15) is 0 Å². The highest BCUT2D eigenvalue weighted by molar-refractivity contribution is 14.1. The summed E-state index contributed by atoms with van der Waals surface area (Å²) in [4.78, 5) is 12.1. The molecule has 0 fully saturated rings. The van der Waals surface area contributed by atoms with E-state index in [0.717, 1.165) is 14.9 Å². The molecule has 2 rings (SSSR count). The van der Waals surface area contributed by atoms with Crippen molar-refractivity contribution in [3.8, 4) is 5.75 Å². The molecule has 4 heteroatoms. The third-order valence-corrected chi connectivity index (χ3v) is 3.79. The quantitative estimate of drug-likeness (QED) is 0.819. The van der Waals surface area contributed by atoms with E-state index >= 15 is 0 Å². The van der Waals surface area contributed by atoms with Gasteiger partial charge in [0.05, 0.1) is 13.2 Å². The lowest BCUT2D eigenvalue weighted by Crippen LogP contribution is -2.26. The van der Waals surface area contributed by atoms with Gasteiger partial charge in [0, 0.05) is 9.13 Å². The van der Waals surface area contributed by atoms with Crippen LogP contribution in [0.1, 0.15) is 28.9 Å². The number of rotatable bonds is 4. The summed E-state index contributed by atoms with van der Waals surface area (Å²) in [5.74, 6) is 0.745. The first-order valence-corrected chi connectivity index (χ1v) is 7.38. The Balaban J connectivity index is 2.04. The number of carbonyl (C=O) groups excluding carboxylic acids is 1. The summed E-state index contributed by atoms with van der Waals surface area (Å²) >= 11 is 2.22. The van der Waals surface area contributed by atoms with Gasteiger partial charge in [0.15, 0.2) is 0 Å². The van der Waals surface area contributed by atoms with Crippen molar-refractivity contribution in [2.75, 3.05) is 7.11 Å². The first-order valence-electron chi connectivity index (χ1n) is 6.30. The van der Waals surface area contributed by atoms with Crippen molar-refractivity contribution in [1.29, 1.82) is 0 Å². The minimum Gasteiger partial charge on any atom is -0.497 e. The van der Waals surface area contributed by atoms with E-state index in [1.165, 1.54) is 0 Å². The number of hydrogen-bond acceptors (Lipinski definition) is 2. The molecule has 104 valence electrons. The molecule has 0 radical (unpaired) electrons. The molecular formula is C16H16INO2. The van der Waals surface area contributed by atoms with Crippen LogP contribution in [0.25, 0.3) is 0 Å². The monoisotopic (exact) mass is 381 g/mol. The summed E-state index contributed by atoms with van der Waals surface area (Å²) in [7, 11) is 1.64. The van der Waals surface area contributed by atoms with E-state index in [1.54, 1.807) is 7.11 Å². The number of hydrogen-bond donors (Lipinski definition) is 1. The maximum atomic E-state index is 12.1. The van der Waals surface area contributed by atoms with Crippen molar-refractivity contribution >= 4 is 28.5 Å². The number of amides is 1. The Labute approximate surface area is 132 Å². The van der Waals surface area contributed by atoms with E-state index in [0.29, 0.717) is 5.56 Å². The van der Waals surface area contributed by atoms with Crippen LogP contribution in [-0.4, -0.2) is 13.0 Å². The van der Waals surface area contributed by atoms with Gasteiger partial charge >= 0.3 is 0 Å². The van der Waals surface area contributed by atoms with Crippen molar-refractivity contribution in [1.82, 2.24) is 5.32 Å². The van der Waals surface area contributed by atoms with Crippen LogP contribution in [-0.2, 0) is 0 Å². The number of carbonyl (C=O) groups is 1.